The molecule has 21 heavy (non-hydrogen) atoms. The van der Waals surface area contributed by atoms with E-state index in [1.54, 1.807) is 29.1 Å². The summed E-state index contributed by atoms with van der Waals surface area (Å²) in [6.45, 7) is 0.177. The number of amides is 1. The smallest absolute Gasteiger partial charge is 0.335 e. The predicted octanol–water partition coefficient (Wildman–Crippen LogP) is 0.823. The minimum atomic E-state index is -0.980. The summed E-state index contributed by atoms with van der Waals surface area (Å²) in [5, 5.41) is 12.6. The third kappa shape index (κ3) is 4.54. The number of carbonyl (C=O) groups is 2. The van der Waals surface area contributed by atoms with Gasteiger partial charge in [0.1, 0.15) is 0 Å². The van der Waals surface area contributed by atoms with Gasteiger partial charge in [0.05, 0.1) is 11.8 Å². The molecule has 0 atom stereocenters. The van der Waals surface area contributed by atoms with Crippen LogP contribution in [0.4, 0.5) is 0 Å². The van der Waals surface area contributed by atoms with Gasteiger partial charge in [0.15, 0.2) is 12.4 Å². The zero-order valence-electron chi connectivity index (χ0n) is 11.1. The topological polar surface area (TPSA) is 82.6 Å². The zero-order chi connectivity index (χ0) is 15.1. The Kier molecular flexibility index (Phi) is 4.76. The van der Waals surface area contributed by atoms with Crippen molar-refractivity contribution in [2.75, 3.05) is 0 Å². The molecule has 0 unspecified atom stereocenters. The first-order valence-corrected chi connectivity index (χ1v) is 6.24. The minimum Gasteiger partial charge on any atom is -0.478 e. The van der Waals surface area contributed by atoms with E-state index < -0.39 is 5.97 Å². The second kappa shape index (κ2) is 6.95. The number of carbonyl (C=O) groups excluding carboxylic acids is 1. The molecule has 1 aromatic heterocycles. The van der Waals surface area contributed by atoms with Crippen LogP contribution >= 0.6 is 0 Å². The van der Waals surface area contributed by atoms with E-state index in [0.717, 1.165) is 0 Å². The molecule has 1 aromatic carbocycles. The van der Waals surface area contributed by atoms with Gasteiger partial charge in [-0.05, 0) is 17.7 Å². The summed E-state index contributed by atoms with van der Waals surface area (Å²) < 4.78 is 1.73. The fourth-order valence-corrected chi connectivity index (χ4v) is 1.63. The Hall–Kier alpha value is -3.02. The fourth-order valence-electron chi connectivity index (χ4n) is 1.63. The lowest BCUT2D eigenvalue weighted by molar-refractivity contribution is -0.684. The van der Waals surface area contributed by atoms with Gasteiger partial charge in [-0.25, -0.2) is 10.2 Å². The van der Waals surface area contributed by atoms with Gasteiger partial charge in [-0.2, -0.15) is 9.67 Å². The first kappa shape index (κ1) is 14.4. The molecule has 0 radical (unpaired) electrons. The zero-order valence-corrected chi connectivity index (χ0v) is 11.1. The number of benzene rings is 1. The van der Waals surface area contributed by atoms with Crippen LogP contribution in [-0.2, 0) is 11.3 Å². The van der Waals surface area contributed by atoms with Crippen molar-refractivity contribution in [3.8, 4) is 0 Å². The molecule has 0 saturated heterocycles. The Bertz CT molecular complexity index is 652. The number of hydrazone groups is 1. The van der Waals surface area contributed by atoms with Gasteiger partial charge in [-0.3, -0.25) is 4.79 Å². The largest absolute Gasteiger partial charge is 0.478 e. The maximum absolute atomic E-state index is 11.6. The van der Waals surface area contributed by atoms with Crippen molar-refractivity contribution in [2.24, 2.45) is 5.10 Å². The van der Waals surface area contributed by atoms with Gasteiger partial charge in [-0.15, -0.1) is 0 Å². The van der Waals surface area contributed by atoms with E-state index in [0.29, 0.717) is 5.56 Å². The SMILES string of the molecule is O=C(C[n+]1ccccc1)N/N=C\c1ccc(C(=O)O)cc1. The van der Waals surface area contributed by atoms with Crippen molar-refractivity contribution in [2.45, 2.75) is 6.54 Å². The van der Waals surface area contributed by atoms with Gasteiger partial charge in [0.25, 0.3) is 0 Å². The third-order valence-electron chi connectivity index (χ3n) is 2.66. The standard InChI is InChI=1S/C15H13N3O3/c19-14(11-18-8-2-1-3-9-18)17-16-10-12-4-6-13(7-5-12)15(20)21/h1-10H,11H2,(H-,17,19,20,21)/p+1/b16-10-. The molecular weight excluding hydrogens is 270 g/mol. The lowest BCUT2D eigenvalue weighted by atomic mass is 10.1. The molecule has 1 amide bonds. The van der Waals surface area contributed by atoms with Crippen LogP contribution in [0.15, 0.2) is 60.0 Å². The van der Waals surface area contributed by atoms with Gasteiger partial charge < -0.3 is 5.11 Å². The van der Waals surface area contributed by atoms with Crippen molar-refractivity contribution in [3.05, 3.63) is 66.0 Å². The van der Waals surface area contributed by atoms with Crippen molar-refractivity contribution in [1.82, 2.24) is 5.43 Å². The van der Waals surface area contributed by atoms with E-state index in [-0.39, 0.29) is 18.0 Å². The van der Waals surface area contributed by atoms with Crippen LogP contribution in [0.2, 0.25) is 0 Å². The summed E-state index contributed by atoms with van der Waals surface area (Å²) in [6, 6.07) is 11.7. The molecule has 0 fully saturated rings. The number of hydrogen-bond donors (Lipinski definition) is 2. The predicted molar refractivity (Wildman–Crippen MR) is 75.8 cm³/mol. The highest BCUT2D eigenvalue weighted by molar-refractivity contribution is 5.89. The van der Waals surface area contributed by atoms with Crippen LogP contribution in [0.1, 0.15) is 15.9 Å². The molecule has 0 aliphatic rings. The number of rotatable bonds is 5. The van der Waals surface area contributed by atoms with Crippen molar-refractivity contribution >= 4 is 18.1 Å². The monoisotopic (exact) mass is 284 g/mol. The van der Waals surface area contributed by atoms with Crippen LogP contribution in [0.25, 0.3) is 0 Å². The number of pyridine rings is 1. The first-order valence-electron chi connectivity index (χ1n) is 6.24. The third-order valence-corrected chi connectivity index (χ3v) is 2.66. The Labute approximate surface area is 121 Å². The fraction of sp³-hybridized carbons (Fsp3) is 0.0667. The quantitative estimate of drug-likeness (QED) is 0.484. The molecule has 2 N–H and O–H groups in total. The maximum Gasteiger partial charge on any atom is 0.335 e. The number of carboxylic acids is 1. The van der Waals surface area contributed by atoms with Crippen molar-refractivity contribution < 1.29 is 19.3 Å². The second-order valence-electron chi connectivity index (χ2n) is 4.27. The van der Waals surface area contributed by atoms with Crippen LogP contribution in [0.5, 0.6) is 0 Å². The lowest BCUT2D eigenvalue weighted by Gasteiger charge is -1.97. The van der Waals surface area contributed by atoms with Crippen molar-refractivity contribution in [1.29, 1.82) is 0 Å². The van der Waals surface area contributed by atoms with Crippen LogP contribution in [0.3, 0.4) is 0 Å². The summed E-state index contributed by atoms with van der Waals surface area (Å²) in [7, 11) is 0. The summed E-state index contributed by atoms with van der Waals surface area (Å²) in [5.74, 6) is -1.23. The van der Waals surface area contributed by atoms with Gasteiger partial charge in [0.2, 0.25) is 6.54 Å². The average Bonchev–Trinajstić information content (AvgIpc) is 2.49. The molecule has 6 nitrogen and oxygen atoms in total. The highest BCUT2D eigenvalue weighted by atomic mass is 16.4. The number of aromatic nitrogens is 1. The molecule has 1 heterocycles. The Balaban J connectivity index is 1.87. The molecule has 0 spiro atoms. The van der Waals surface area contributed by atoms with E-state index in [9.17, 15) is 9.59 Å². The normalized spacial score (nSPS) is 10.5. The van der Waals surface area contributed by atoms with Gasteiger partial charge in [0, 0.05) is 12.1 Å². The lowest BCUT2D eigenvalue weighted by Crippen LogP contribution is -2.40. The molecule has 2 rings (SSSR count). The number of nitrogens with zero attached hydrogens (tertiary/aromatic N) is 2. The van der Waals surface area contributed by atoms with Gasteiger partial charge in [-0.1, -0.05) is 18.2 Å². The molecule has 0 aliphatic heterocycles. The van der Waals surface area contributed by atoms with E-state index in [1.165, 1.54) is 18.3 Å². The Morgan fingerprint density at radius 3 is 2.43 bits per heavy atom. The number of nitrogens with one attached hydrogen (secondary N) is 1. The summed E-state index contributed by atoms with van der Waals surface area (Å²) in [4.78, 5) is 22.3. The second-order valence-corrected chi connectivity index (χ2v) is 4.27. The highest BCUT2D eigenvalue weighted by Crippen LogP contribution is 2.02. The molecule has 0 bridgehead atoms. The molecular formula is C15H14N3O3+. The minimum absolute atomic E-state index is 0.177. The van der Waals surface area contributed by atoms with E-state index in [2.05, 4.69) is 10.5 Å². The molecule has 106 valence electrons. The average molecular weight is 284 g/mol. The van der Waals surface area contributed by atoms with Crippen LogP contribution < -0.4 is 9.99 Å². The number of aromatic carboxylic acids is 1. The Morgan fingerprint density at radius 1 is 1.14 bits per heavy atom. The summed E-state index contributed by atoms with van der Waals surface area (Å²) >= 11 is 0. The first-order chi connectivity index (χ1) is 10.1. The van der Waals surface area contributed by atoms with Crippen LogP contribution in [0, 0.1) is 0 Å². The maximum atomic E-state index is 11.6. The Morgan fingerprint density at radius 2 is 1.81 bits per heavy atom. The van der Waals surface area contributed by atoms with E-state index in [4.69, 9.17) is 5.11 Å². The molecule has 2 aromatic rings. The number of hydrogen-bond acceptors (Lipinski definition) is 3. The van der Waals surface area contributed by atoms with Gasteiger partial charge >= 0.3 is 11.9 Å². The van der Waals surface area contributed by atoms with Crippen LogP contribution in [-0.4, -0.2) is 23.2 Å². The molecule has 0 aliphatic carbocycles. The van der Waals surface area contributed by atoms with Crippen molar-refractivity contribution in [3.63, 3.8) is 0 Å². The molecule has 0 saturated carbocycles. The summed E-state index contributed by atoms with van der Waals surface area (Å²) in [5.41, 5.74) is 3.32. The molecule has 6 heteroatoms. The number of carboxylic acid groups (broad SMARTS) is 1. The highest BCUT2D eigenvalue weighted by Gasteiger charge is 2.06. The summed E-state index contributed by atoms with van der Waals surface area (Å²) in [6.07, 6.45) is 5.03. The van der Waals surface area contributed by atoms with E-state index >= 15 is 0 Å². The van der Waals surface area contributed by atoms with E-state index in [1.807, 2.05) is 18.2 Å².